The van der Waals surface area contributed by atoms with E-state index >= 15 is 0 Å². The average molecular weight is 264 g/mol. The van der Waals surface area contributed by atoms with E-state index in [0.717, 1.165) is 6.07 Å². The Hall–Kier alpha value is -1.96. The minimum atomic E-state index is -4.80. The van der Waals surface area contributed by atoms with Crippen molar-refractivity contribution in [2.45, 2.75) is 12.3 Å². The molecule has 1 heterocycles. The first kappa shape index (κ1) is 12.5. The summed E-state index contributed by atoms with van der Waals surface area (Å²) in [6, 6.07) is 1.44. The van der Waals surface area contributed by atoms with Crippen LogP contribution in [0, 0.1) is 0 Å². The predicted molar refractivity (Wildman–Crippen MR) is 50.2 cm³/mol. The fraction of sp³-hybridized carbons (Fsp3) is 0.300. The molecule has 1 unspecified atom stereocenters. The number of fused-ring (bicyclic) bond motifs is 1. The summed E-state index contributed by atoms with van der Waals surface area (Å²) >= 11 is 0. The highest BCUT2D eigenvalue weighted by Gasteiger charge is 2.38. The highest BCUT2D eigenvalue weighted by atomic mass is 19.4. The quantitative estimate of drug-likeness (QED) is 0.847. The first-order valence-electron chi connectivity index (χ1n) is 4.72. The largest absolute Gasteiger partial charge is 0.479 e. The van der Waals surface area contributed by atoms with Crippen LogP contribution in [-0.2, 0) is 11.0 Å². The number of alkyl halides is 3. The number of aliphatic hydroxyl groups is 1. The number of aliphatic hydroxyl groups excluding tert-OH is 1. The summed E-state index contributed by atoms with van der Waals surface area (Å²) < 4.78 is 47.8. The van der Waals surface area contributed by atoms with Gasteiger partial charge in [-0.2, -0.15) is 13.2 Å². The van der Waals surface area contributed by atoms with Gasteiger partial charge in [0.1, 0.15) is 0 Å². The number of aliphatic carboxylic acids is 1. The van der Waals surface area contributed by atoms with Crippen molar-refractivity contribution in [3.05, 3.63) is 23.3 Å². The Morgan fingerprint density at radius 1 is 1.28 bits per heavy atom. The minimum absolute atomic E-state index is 0.0294. The number of carbonyl (C=O) groups is 1. The zero-order chi connectivity index (χ0) is 13.5. The fourth-order valence-corrected chi connectivity index (χ4v) is 1.56. The van der Waals surface area contributed by atoms with Crippen molar-refractivity contribution in [3.8, 4) is 11.5 Å². The molecule has 1 aromatic carbocycles. The van der Waals surface area contributed by atoms with E-state index < -0.39 is 29.4 Å². The molecule has 0 spiro atoms. The molecule has 1 atom stereocenters. The smallest absolute Gasteiger partial charge is 0.416 e. The molecule has 98 valence electrons. The van der Waals surface area contributed by atoms with Crippen molar-refractivity contribution in [2.75, 3.05) is 6.79 Å². The Bertz CT molecular complexity index is 497. The topological polar surface area (TPSA) is 76.0 Å². The van der Waals surface area contributed by atoms with Crippen LogP contribution >= 0.6 is 0 Å². The van der Waals surface area contributed by atoms with Gasteiger partial charge in [-0.05, 0) is 12.1 Å². The third-order valence-corrected chi connectivity index (χ3v) is 2.38. The first-order chi connectivity index (χ1) is 8.30. The highest BCUT2D eigenvalue weighted by Crippen LogP contribution is 2.43. The molecule has 18 heavy (non-hydrogen) atoms. The van der Waals surface area contributed by atoms with E-state index in [1.165, 1.54) is 0 Å². The summed E-state index contributed by atoms with van der Waals surface area (Å²) in [4.78, 5) is 10.6. The van der Waals surface area contributed by atoms with Crippen LogP contribution < -0.4 is 9.47 Å². The average Bonchev–Trinajstić information content (AvgIpc) is 2.71. The number of halogens is 3. The van der Waals surface area contributed by atoms with Gasteiger partial charge in [0.25, 0.3) is 0 Å². The van der Waals surface area contributed by atoms with Crippen LogP contribution in [0.15, 0.2) is 12.1 Å². The second-order valence-corrected chi connectivity index (χ2v) is 3.53. The number of hydrogen-bond acceptors (Lipinski definition) is 4. The maximum atomic E-state index is 12.7. The van der Waals surface area contributed by atoms with Crippen molar-refractivity contribution >= 4 is 5.97 Å². The van der Waals surface area contributed by atoms with Crippen LogP contribution in [0.3, 0.4) is 0 Å². The molecule has 1 aromatic rings. The highest BCUT2D eigenvalue weighted by molar-refractivity contribution is 5.75. The van der Waals surface area contributed by atoms with Gasteiger partial charge in [0.2, 0.25) is 6.79 Å². The van der Waals surface area contributed by atoms with Crippen molar-refractivity contribution < 1.29 is 37.7 Å². The Kier molecular flexibility index (Phi) is 2.81. The molecule has 0 radical (unpaired) electrons. The molecule has 0 fully saturated rings. The third kappa shape index (κ3) is 2.06. The number of benzene rings is 1. The number of rotatable bonds is 2. The van der Waals surface area contributed by atoms with Gasteiger partial charge >= 0.3 is 12.1 Å². The molecular weight excluding hydrogens is 257 g/mol. The lowest BCUT2D eigenvalue weighted by molar-refractivity contribution is -0.149. The minimum Gasteiger partial charge on any atom is -0.479 e. The lowest BCUT2D eigenvalue weighted by atomic mass is 10.0. The van der Waals surface area contributed by atoms with Gasteiger partial charge in [-0.3, -0.25) is 0 Å². The molecule has 0 saturated heterocycles. The van der Waals surface area contributed by atoms with E-state index in [-0.39, 0.29) is 18.3 Å². The number of hydrogen-bond donors (Lipinski definition) is 2. The van der Waals surface area contributed by atoms with E-state index in [2.05, 4.69) is 0 Å². The molecule has 1 aliphatic heterocycles. The zero-order valence-electron chi connectivity index (χ0n) is 8.69. The number of carboxylic acids is 1. The van der Waals surface area contributed by atoms with Crippen LogP contribution in [0.5, 0.6) is 11.5 Å². The van der Waals surface area contributed by atoms with E-state index in [1.807, 2.05) is 0 Å². The molecule has 0 bridgehead atoms. The third-order valence-electron chi connectivity index (χ3n) is 2.38. The molecule has 0 aliphatic carbocycles. The van der Waals surface area contributed by atoms with Gasteiger partial charge in [0.15, 0.2) is 17.6 Å². The molecular formula is C10H7F3O5. The van der Waals surface area contributed by atoms with Gasteiger partial charge in [0, 0.05) is 5.56 Å². The van der Waals surface area contributed by atoms with Gasteiger partial charge in [-0.1, -0.05) is 0 Å². The van der Waals surface area contributed by atoms with Crippen LogP contribution in [0.2, 0.25) is 0 Å². The molecule has 2 N–H and O–H groups in total. The van der Waals surface area contributed by atoms with E-state index in [9.17, 15) is 23.1 Å². The summed E-state index contributed by atoms with van der Waals surface area (Å²) in [6.07, 6.45) is -7.08. The van der Waals surface area contributed by atoms with Crippen LogP contribution in [-0.4, -0.2) is 23.0 Å². The van der Waals surface area contributed by atoms with Crippen LogP contribution in [0.1, 0.15) is 17.2 Å². The maximum absolute atomic E-state index is 12.7. The van der Waals surface area contributed by atoms with Crippen LogP contribution in [0.25, 0.3) is 0 Å². The lowest BCUT2D eigenvalue weighted by Crippen LogP contribution is -2.17. The molecule has 8 heteroatoms. The molecule has 5 nitrogen and oxygen atoms in total. The summed E-state index contributed by atoms with van der Waals surface area (Å²) in [5.74, 6) is -1.94. The molecule has 0 saturated carbocycles. The molecule has 0 amide bonds. The number of ether oxygens (including phenoxy) is 2. The summed E-state index contributed by atoms with van der Waals surface area (Å²) in [5, 5.41) is 17.9. The molecule has 1 aliphatic rings. The molecule has 0 aromatic heterocycles. The summed E-state index contributed by atoms with van der Waals surface area (Å²) in [6.45, 7) is -0.251. The lowest BCUT2D eigenvalue weighted by Gasteiger charge is -2.15. The van der Waals surface area contributed by atoms with Gasteiger partial charge in [-0.15, -0.1) is 0 Å². The second-order valence-electron chi connectivity index (χ2n) is 3.53. The van der Waals surface area contributed by atoms with Gasteiger partial charge < -0.3 is 19.7 Å². The van der Waals surface area contributed by atoms with Crippen molar-refractivity contribution in [1.29, 1.82) is 0 Å². The first-order valence-corrected chi connectivity index (χ1v) is 4.72. The Morgan fingerprint density at radius 3 is 2.33 bits per heavy atom. The summed E-state index contributed by atoms with van der Waals surface area (Å²) in [7, 11) is 0. The fourth-order valence-electron chi connectivity index (χ4n) is 1.56. The van der Waals surface area contributed by atoms with E-state index in [1.54, 1.807) is 0 Å². The van der Waals surface area contributed by atoms with Crippen LogP contribution in [0.4, 0.5) is 13.2 Å². The van der Waals surface area contributed by atoms with Gasteiger partial charge in [-0.25, -0.2) is 4.79 Å². The summed E-state index contributed by atoms with van der Waals surface area (Å²) in [5.41, 5.74) is -2.04. The Morgan fingerprint density at radius 2 is 1.83 bits per heavy atom. The standard InChI is InChI=1S/C10H7F3O5/c11-10(12,13)5-2-7-6(17-3-18-7)1-4(5)8(14)9(15)16/h1-2,8,14H,3H2,(H,15,16). The second kappa shape index (κ2) is 4.05. The van der Waals surface area contributed by atoms with Crippen molar-refractivity contribution in [3.63, 3.8) is 0 Å². The number of carboxylic acid groups (broad SMARTS) is 1. The SMILES string of the molecule is O=C(O)C(O)c1cc2c(cc1C(F)(F)F)OCO2. The van der Waals surface area contributed by atoms with Crippen molar-refractivity contribution in [2.24, 2.45) is 0 Å². The van der Waals surface area contributed by atoms with Crippen molar-refractivity contribution in [1.82, 2.24) is 0 Å². The Balaban J connectivity index is 2.59. The normalized spacial score (nSPS) is 15.6. The Labute approximate surface area is 98.4 Å². The van der Waals surface area contributed by atoms with E-state index in [4.69, 9.17) is 14.6 Å². The molecule has 2 rings (SSSR count). The van der Waals surface area contributed by atoms with Gasteiger partial charge in [0.05, 0.1) is 5.56 Å². The maximum Gasteiger partial charge on any atom is 0.416 e. The van der Waals surface area contributed by atoms with E-state index in [0.29, 0.717) is 6.07 Å². The monoisotopic (exact) mass is 264 g/mol. The zero-order valence-corrected chi connectivity index (χ0v) is 8.69. The predicted octanol–water partition coefficient (Wildman–Crippen LogP) is 1.55.